The van der Waals surface area contributed by atoms with Crippen molar-refractivity contribution in [2.24, 2.45) is 7.05 Å². The van der Waals surface area contributed by atoms with Crippen LogP contribution >= 0.6 is 0 Å². The summed E-state index contributed by atoms with van der Waals surface area (Å²) in [5, 5.41) is 16.0. The van der Waals surface area contributed by atoms with Gasteiger partial charge >= 0.3 is 0 Å². The van der Waals surface area contributed by atoms with E-state index in [4.69, 9.17) is 0 Å². The van der Waals surface area contributed by atoms with E-state index in [-0.39, 0.29) is 5.91 Å². The number of hydrogen-bond donors (Lipinski definition) is 1. The van der Waals surface area contributed by atoms with Gasteiger partial charge in [-0.2, -0.15) is 15.3 Å². The minimum atomic E-state index is -0.129. The number of para-hydroxylation sites is 1. The van der Waals surface area contributed by atoms with Crippen LogP contribution in [0.4, 0.5) is 0 Å². The van der Waals surface area contributed by atoms with Crippen LogP contribution in [-0.4, -0.2) is 47.6 Å². The van der Waals surface area contributed by atoms with Gasteiger partial charge < -0.3 is 4.90 Å². The number of amides is 1. The maximum atomic E-state index is 12.9. The van der Waals surface area contributed by atoms with Crippen molar-refractivity contribution in [2.45, 2.75) is 20.4 Å². The second-order valence-electron chi connectivity index (χ2n) is 7.13. The molecular formula is C21H23N7O. The Balaban J connectivity index is 1.49. The highest BCUT2D eigenvalue weighted by Crippen LogP contribution is 2.25. The van der Waals surface area contributed by atoms with E-state index in [1.54, 1.807) is 28.9 Å². The number of carbonyl (C=O) groups excluding carboxylic acids is 1. The molecule has 1 N–H and O–H groups in total. The monoisotopic (exact) mass is 389 g/mol. The molecule has 0 aliphatic heterocycles. The molecule has 8 nitrogen and oxygen atoms in total. The van der Waals surface area contributed by atoms with Gasteiger partial charge in [0.05, 0.1) is 23.3 Å². The molecule has 0 fully saturated rings. The van der Waals surface area contributed by atoms with Gasteiger partial charge in [0, 0.05) is 43.7 Å². The number of aromatic amines is 1. The van der Waals surface area contributed by atoms with Crippen molar-refractivity contribution in [3.05, 3.63) is 71.4 Å². The van der Waals surface area contributed by atoms with E-state index in [2.05, 4.69) is 20.4 Å². The van der Waals surface area contributed by atoms with Crippen LogP contribution in [0.2, 0.25) is 0 Å². The van der Waals surface area contributed by atoms with Crippen LogP contribution in [0.15, 0.2) is 48.8 Å². The lowest BCUT2D eigenvalue weighted by molar-refractivity contribution is 0.0779. The van der Waals surface area contributed by atoms with Gasteiger partial charge in [0.15, 0.2) is 0 Å². The first-order chi connectivity index (χ1) is 13.9. The highest BCUT2D eigenvalue weighted by atomic mass is 16.2. The summed E-state index contributed by atoms with van der Waals surface area (Å²) >= 11 is 0. The lowest BCUT2D eigenvalue weighted by Gasteiger charge is -2.14. The number of benzene rings is 1. The number of hydrogen-bond acceptors (Lipinski definition) is 4. The standard InChI is InChI=1S/C21H23N7O/c1-14-20(15(2)27(4)25-14)18-10-19(24-23-18)21(29)26(3)12-16-11-22-28(13-16)17-8-6-5-7-9-17/h5-11,13H,12H2,1-4H3,(H,23,24). The smallest absolute Gasteiger partial charge is 0.271 e. The Kier molecular flexibility index (Phi) is 4.75. The molecule has 0 aliphatic carbocycles. The van der Waals surface area contributed by atoms with Crippen molar-refractivity contribution in [1.82, 2.24) is 34.7 Å². The fraction of sp³-hybridized carbons (Fsp3) is 0.238. The lowest BCUT2D eigenvalue weighted by Crippen LogP contribution is -2.26. The van der Waals surface area contributed by atoms with E-state index < -0.39 is 0 Å². The van der Waals surface area contributed by atoms with E-state index in [0.717, 1.165) is 33.9 Å². The van der Waals surface area contributed by atoms with E-state index in [9.17, 15) is 4.79 Å². The van der Waals surface area contributed by atoms with E-state index >= 15 is 0 Å². The summed E-state index contributed by atoms with van der Waals surface area (Å²) in [5.74, 6) is -0.129. The second kappa shape index (κ2) is 7.38. The molecule has 0 bridgehead atoms. The average molecular weight is 389 g/mol. The van der Waals surface area contributed by atoms with Crippen LogP contribution < -0.4 is 0 Å². The van der Waals surface area contributed by atoms with Crippen LogP contribution in [0, 0.1) is 13.8 Å². The Morgan fingerprint density at radius 1 is 1.21 bits per heavy atom. The summed E-state index contributed by atoms with van der Waals surface area (Å²) < 4.78 is 3.62. The van der Waals surface area contributed by atoms with Crippen molar-refractivity contribution < 1.29 is 4.79 Å². The summed E-state index contributed by atoms with van der Waals surface area (Å²) in [6, 6.07) is 11.7. The van der Waals surface area contributed by atoms with E-state index in [1.807, 2.05) is 62.1 Å². The lowest BCUT2D eigenvalue weighted by atomic mass is 10.1. The van der Waals surface area contributed by atoms with Crippen molar-refractivity contribution in [1.29, 1.82) is 0 Å². The summed E-state index contributed by atoms with van der Waals surface area (Å²) in [6.07, 6.45) is 3.71. The summed E-state index contributed by atoms with van der Waals surface area (Å²) in [7, 11) is 3.66. The molecule has 8 heteroatoms. The fourth-order valence-electron chi connectivity index (χ4n) is 3.42. The van der Waals surface area contributed by atoms with Crippen LogP contribution in [0.25, 0.3) is 16.9 Å². The molecule has 29 heavy (non-hydrogen) atoms. The van der Waals surface area contributed by atoms with E-state index in [1.165, 1.54) is 0 Å². The first kappa shape index (κ1) is 18.7. The molecule has 0 aliphatic rings. The van der Waals surface area contributed by atoms with Gasteiger partial charge in [-0.25, -0.2) is 4.68 Å². The minimum Gasteiger partial charge on any atom is -0.336 e. The van der Waals surface area contributed by atoms with Gasteiger partial charge in [0.2, 0.25) is 0 Å². The quantitative estimate of drug-likeness (QED) is 0.569. The third-order valence-electron chi connectivity index (χ3n) is 5.00. The minimum absolute atomic E-state index is 0.129. The number of rotatable bonds is 5. The van der Waals surface area contributed by atoms with Gasteiger partial charge in [-0.05, 0) is 32.0 Å². The molecule has 148 valence electrons. The second-order valence-corrected chi connectivity index (χ2v) is 7.13. The highest BCUT2D eigenvalue weighted by molar-refractivity contribution is 5.93. The zero-order valence-corrected chi connectivity index (χ0v) is 16.9. The van der Waals surface area contributed by atoms with Crippen LogP contribution in [0.3, 0.4) is 0 Å². The number of aryl methyl sites for hydroxylation is 2. The number of nitrogens with zero attached hydrogens (tertiary/aromatic N) is 6. The number of H-pyrrole nitrogens is 1. The molecule has 0 radical (unpaired) electrons. The first-order valence-corrected chi connectivity index (χ1v) is 9.34. The zero-order chi connectivity index (χ0) is 20.5. The number of carbonyl (C=O) groups is 1. The molecule has 4 rings (SSSR count). The van der Waals surface area contributed by atoms with Crippen molar-refractivity contribution >= 4 is 5.91 Å². The van der Waals surface area contributed by atoms with E-state index in [0.29, 0.717) is 12.2 Å². The zero-order valence-electron chi connectivity index (χ0n) is 16.9. The van der Waals surface area contributed by atoms with Gasteiger partial charge in [-0.3, -0.25) is 14.6 Å². The maximum absolute atomic E-state index is 12.9. The molecular weight excluding hydrogens is 366 g/mol. The Labute approximate surface area is 168 Å². The van der Waals surface area contributed by atoms with Gasteiger partial charge in [-0.15, -0.1) is 0 Å². The summed E-state index contributed by atoms with van der Waals surface area (Å²) in [6.45, 7) is 4.38. The number of aromatic nitrogens is 6. The third-order valence-corrected chi connectivity index (χ3v) is 5.00. The highest BCUT2D eigenvalue weighted by Gasteiger charge is 2.19. The van der Waals surface area contributed by atoms with Crippen molar-refractivity contribution in [3.63, 3.8) is 0 Å². The molecule has 0 unspecified atom stereocenters. The van der Waals surface area contributed by atoms with Crippen molar-refractivity contribution in [3.8, 4) is 16.9 Å². The van der Waals surface area contributed by atoms with Crippen LogP contribution in [0.5, 0.6) is 0 Å². The average Bonchev–Trinajstić information content (AvgIpc) is 3.42. The summed E-state index contributed by atoms with van der Waals surface area (Å²) in [5.41, 5.74) is 5.94. The SMILES string of the molecule is Cc1nn(C)c(C)c1-c1cc(C(=O)N(C)Cc2cnn(-c3ccccc3)c2)[nH]n1. The Bertz CT molecular complexity index is 1150. The molecule has 1 amide bonds. The predicted molar refractivity (Wildman–Crippen MR) is 110 cm³/mol. The molecule has 0 atom stereocenters. The Hall–Kier alpha value is -3.68. The molecule has 0 saturated heterocycles. The topological polar surface area (TPSA) is 84.6 Å². The number of nitrogens with one attached hydrogen (secondary N) is 1. The van der Waals surface area contributed by atoms with Gasteiger partial charge in [0.1, 0.15) is 5.69 Å². The molecule has 4 aromatic rings. The third kappa shape index (κ3) is 3.56. The van der Waals surface area contributed by atoms with Gasteiger partial charge in [-0.1, -0.05) is 18.2 Å². The predicted octanol–water partition coefficient (Wildman–Crippen LogP) is 2.88. The molecule has 3 aromatic heterocycles. The summed E-state index contributed by atoms with van der Waals surface area (Å²) in [4.78, 5) is 14.5. The van der Waals surface area contributed by atoms with Gasteiger partial charge in [0.25, 0.3) is 5.91 Å². The van der Waals surface area contributed by atoms with Crippen molar-refractivity contribution in [2.75, 3.05) is 7.05 Å². The van der Waals surface area contributed by atoms with Crippen LogP contribution in [0.1, 0.15) is 27.4 Å². The Morgan fingerprint density at radius 3 is 2.66 bits per heavy atom. The largest absolute Gasteiger partial charge is 0.336 e. The maximum Gasteiger partial charge on any atom is 0.271 e. The normalized spacial score (nSPS) is 11.0. The van der Waals surface area contributed by atoms with Crippen LogP contribution in [-0.2, 0) is 13.6 Å². The molecule has 1 aromatic carbocycles. The Morgan fingerprint density at radius 2 is 1.97 bits per heavy atom. The first-order valence-electron chi connectivity index (χ1n) is 9.34. The fourth-order valence-corrected chi connectivity index (χ4v) is 3.42. The molecule has 0 saturated carbocycles. The molecule has 3 heterocycles. The molecule has 0 spiro atoms.